The molecule has 0 aliphatic heterocycles. The Bertz CT molecular complexity index is 1010. The molecule has 1 heterocycles. The lowest BCUT2D eigenvalue weighted by atomic mass is 10.1. The molecular weight excluding hydrogens is 366 g/mol. The van der Waals surface area contributed by atoms with Crippen molar-refractivity contribution in [1.82, 2.24) is 15.1 Å². The van der Waals surface area contributed by atoms with E-state index in [0.717, 1.165) is 29.1 Å². The van der Waals surface area contributed by atoms with Crippen LogP contribution in [0.2, 0.25) is 0 Å². The van der Waals surface area contributed by atoms with E-state index >= 15 is 0 Å². The van der Waals surface area contributed by atoms with E-state index in [-0.39, 0.29) is 5.91 Å². The van der Waals surface area contributed by atoms with Crippen molar-refractivity contribution in [2.45, 2.75) is 33.7 Å². The van der Waals surface area contributed by atoms with Gasteiger partial charge in [-0.2, -0.15) is 5.10 Å². The number of benzene rings is 2. The van der Waals surface area contributed by atoms with E-state index in [2.05, 4.69) is 24.3 Å². The quantitative estimate of drug-likeness (QED) is 0.659. The molecule has 1 N–H and O–H groups in total. The second kappa shape index (κ2) is 8.82. The minimum Gasteiger partial charge on any atom is -0.497 e. The van der Waals surface area contributed by atoms with Gasteiger partial charge in [0.15, 0.2) is 0 Å². The number of carbonyl (C=O) groups excluding carboxylic acids is 1. The number of methoxy groups -OCH3 is 2. The molecule has 1 aromatic heterocycles. The van der Waals surface area contributed by atoms with Gasteiger partial charge < -0.3 is 14.8 Å². The van der Waals surface area contributed by atoms with Crippen LogP contribution in [0.1, 0.15) is 39.8 Å². The van der Waals surface area contributed by atoms with Crippen LogP contribution in [0.15, 0.2) is 42.5 Å². The molecule has 0 spiro atoms. The Labute approximate surface area is 171 Å². The third-order valence-corrected chi connectivity index (χ3v) is 5.10. The average molecular weight is 393 g/mol. The highest BCUT2D eigenvalue weighted by Crippen LogP contribution is 2.24. The zero-order chi connectivity index (χ0) is 21.0. The molecule has 0 saturated heterocycles. The van der Waals surface area contributed by atoms with Gasteiger partial charge in [0.2, 0.25) is 0 Å². The van der Waals surface area contributed by atoms with Crippen LogP contribution in [-0.4, -0.2) is 29.9 Å². The molecule has 0 unspecified atom stereocenters. The molecule has 6 nitrogen and oxygen atoms in total. The summed E-state index contributed by atoms with van der Waals surface area (Å²) in [6.45, 7) is 6.59. The van der Waals surface area contributed by atoms with Crippen LogP contribution >= 0.6 is 0 Å². The van der Waals surface area contributed by atoms with E-state index in [1.807, 2.05) is 48.0 Å². The van der Waals surface area contributed by atoms with Crippen molar-refractivity contribution < 1.29 is 14.3 Å². The van der Waals surface area contributed by atoms with Gasteiger partial charge >= 0.3 is 0 Å². The van der Waals surface area contributed by atoms with Crippen LogP contribution in [0, 0.1) is 13.8 Å². The number of hydrogen-bond donors (Lipinski definition) is 1. The minimum absolute atomic E-state index is 0.142. The molecule has 0 aliphatic carbocycles. The van der Waals surface area contributed by atoms with Gasteiger partial charge in [-0.15, -0.1) is 0 Å². The summed E-state index contributed by atoms with van der Waals surface area (Å²) in [5.74, 6) is 1.25. The third-order valence-electron chi connectivity index (χ3n) is 5.10. The number of amides is 1. The van der Waals surface area contributed by atoms with Gasteiger partial charge in [-0.1, -0.05) is 6.92 Å². The Morgan fingerprint density at radius 3 is 2.38 bits per heavy atom. The smallest absolute Gasteiger partial charge is 0.251 e. The number of hydrogen-bond acceptors (Lipinski definition) is 4. The maximum atomic E-state index is 12.6. The fourth-order valence-electron chi connectivity index (χ4n) is 3.47. The molecule has 6 heteroatoms. The summed E-state index contributed by atoms with van der Waals surface area (Å²) in [4.78, 5) is 12.6. The minimum atomic E-state index is -0.142. The number of nitrogens with zero attached hydrogens (tertiary/aromatic N) is 2. The summed E-state index contributed by atoms with van der Waals surface area (Å²) >= 11 is 0. The molecule has 0 bridgehead atoms. The van der Waals surface area contributed by atoms with Gasteiger partial charge in [-0.3, -0.25) is 4.79 Å². The standard InChI is InChI=1S/C23H27N3O3/c1-6-21-15(2)25-26(16(21)3)19-10-7-17(8-11-19)23(27)24-14-18-9-12-20(28-4)13-22(18)29-5/h7-13H,6,14H2,1-5H3,(H,24,27). The molecular formula is C23H27N3O3. The summed E-state index contributed by atoms with van der Waals surface area (Å²) in [7, 11) is 3.21. The number of carbonyl (C=O) groups is 1. The van der Waals surface area contributed by atoms with Crippen molar-refractivity contribution in [3.05, 3.63) is 70.5 Å². The SMILES string of the molecule is CCc1c(C)nn(-c2ccc(C(=O)NCc3ccc(OC)cc3OC)cc2)c1C. The van der Waals surface area contributed by atoms with Crippen LogP contribution in [0.4, 0.5) is 0 Å². The lowest BCUT2D eigenvalue weighted by Crippen LogP contribution is -2.23. The maximum absolute atomic E-state index is 12.6. The fourth-order valence-corrected chi connectivity index (χ4v) is 3.47. The number of aromatic nitrogens is 2. The van der Waals surface area contributed by atoms with Gasteiger partial charge in [0.05, 0.1) is 25.6 Å². The topological polar surface area (TPSA) is 65.4 Å². The summed E-state index contributed by atoms with van der Waals surface area (Å²) < 4.78 is 12.5. The molecule has 0 fully saturated rings. The number of nitrogens with one attached hydrogen (secondary N) is 1. The molecule has 152 valence electrons. The van der Waals surface area contributed by atoms with Crippen LogP contribution in [-0.2, 0) is 13.0 Å². The van der Waals surface area contributed by atoms with Crippen molar-refractivity contribution >= 4 is 5.91 Å². The largest absolute Gasteiger partial charge is 0.497 e. The molecule has 3 rings (SSSR count). The highest BCUT2D eigenvalue weighted by molar-refractivity contribution is 5.94. The Balaban J connectivity index is 1.71. The highest BCUT2D eigenvalue weighted by atomic mass is 16.5. The zero-order valence-electron chi connectivity index (χ0n) is 17.6. The summed E-state index contributed by atoms with van der Waals surface area (Å²) in [6, 6.07) is 13.0. The molecule has 3 aromatic rings. The molecule has 0 saturated carbocycles. The van der Waals surface area contributed by atoms with E-state index in [1.165, 1.54) is 5.56 Å². The first-order valence-electron chi connectivity index (χ1n) is 9.63. The first-order valence-corrected chi connectivity index (χ1v) is 9.63. The highest BCUT2D eigenvalue weighted by Gasteiger charge is 2.13. The van der Waals surface area contributed by atoms with E-state index in [1.54, 1.807) is 20.3 Å². The van der Waals surface area contributed by atoms with Gasteiger partial charge in [0.1, 0.15) is 11.5 Å². The van der Waals surface area contributed by atoms with E-state index in [9.17, 15) is 4.79 Å². The predicted molar refractivity (Wildman–Crippen MR) is 113 cm³/mol. The van der Waals surface area contributed by atoms with Crippen LogP contribution < -0.4 is 14.8 Å². The van der Waals surface area contributed by atoms with Gasteiger partial charge in [-0.05, 0) is 62.2 Å². The van der Waals surface area contributed by atoms with E-state index in [0.29, 0.717) is 23.6 Å². The van der Waals surface area contributed by atoms with Gasteiger partial charge in [-0.25, -0.2) is 4.68 Å². The molecule has 0 radical (unpaired) electrons. The lowest BCUT2D eigenvalue weighted by Gasteiger charge is -2.12. The van der Waals surface area contributed by atoms with Crippen molar-refractivity contribution in [2.75, 3.05) is 14.2 Å². The van der Waals surface area contributed by atoms with Gasteiger partial charge in [0.25, 0.3) is 5.91 Å². The van der Waals surface area contributed by atoms with Crippen molar-refractivity contribution in [2.24, 2.45) is 0 Å². The molecule has 1 amide bonds. The maximum Gasteiger partial charge on any atom is 0.251 e. The van der Waals surface area contributed by atoms with Crippen LogP contribution in [0.25, 0.3) is 5.69 Å². The third kappa shape index (κ3) is 4.26. The average Bonchev–Trinajstić information content (AvgIpc) is 3.05. The molecule has 2 aromatic carbocycles. The predicted octanol–water partition coefficient (Wildman–Crippen LogP) is 4.00. The molecule has 0 aliphatic rings. The Morgan fingerprint density at radius 2 is 1.79 bits per heavy atom. The summed E-state index contributed by atoms with van der Waals surface area (Å²) in [6.07, 6.45) is 0.951. The second-order valence-corrected chi connectivity index (χ2v) is 6.82. The van der Waals surface area contributed by atoms with Crippen molar-refractivity contribution in [3.8, 4) is 17.2 Å². The monoisotopic (exact) mass is 393 g/mol. The second-order valence-electron chi connectivity index (χ2n) is 6.82. The normalized spacial score (nSPS) is 10.7. The Morgan fingerprint density at radius 1 is 1.07 bits per heavy atom. The first kappa shape index (κ1) is 20.5. The number of aryl methyl sites for hydroxylation is 1. The zero-order valence-corrected chi connectivity index (χ0v) is 17.6. The summed E-state index contributed by atoms with van der Waals surface area (Å²) in [5.41, 5.74) is 5.86. The summed E-state index contributed by atoms with van der Waals surface area (Å²) in [5, 5.41) is 7.57. The van der Waals surface area contributed by atoms with Crippen molar-refractivity contribution in [3.63, 3.8) is 0 Å². The molecule has 29 heavy (non-hydrogen) atoms. The van der Waals surface area contributed by atoms with Crippen LogP contribution in [0.5, 0.6) is 11.5 Å². The van der Waals surface area contributed by atoms with Crippen LogP contribution in [0.3, 0.4) is 0 Å². The Hall–Kier alpha value is -3.28. The molecule has 0 atom stereocenters. The lowest BCUT2D eigenvalue weighted by molar-refractivity contribution is 0.0950. The number of rotatable bonds is 7. The van der Waals surface area contributed by atoms with E-state index in [4.69, 9.17) is 9.47 Å². The number of ether oxygens (including phenoxy) is 2. The van der Waals surface area contributed by atoms with Gasteiger partial charge in [0, 0.05) is 29.4 Å². The Kier molecular flexibility index (Phi) is 6.22. The van der Waals surface area contributed by atoms with E-state index < -0.39 is 0 Å². The van der Waals surface area contributed by atoms with Crippen molar-refractivity contribution in [1.29, 1.82) is 0 Å². The first-order chi connectivity index (χ1) is 14.0. The fraction of sp³-hybridized carbons (Fsp3) is 0.304.